The molecule has 4 heteroatoms. The van der Waals surface area contributed by atoms with E-state index in [0.717, 1.165) is 11.1 Å². The number of alkyl halides is 1. The van der Waals surface area contributed by atoms with E-state index >= 15 is 0 Å². The molecule has 0 bridgehead atoms. The number of aromatic hydroxyl groups is 1. The van der Waals surface area contributed by atoms with E-state index in [1.165, 1.54) is 0 Å². The molecule has 0 aromatic heterocycles. The quantitative estimate of drug-likeness (QED) is 0.837. The first-order chi connectivity index (χ1) is 8.70. The van der Waals surface area contributed by atoms with Gasteiger partial charge in [0.25, 0.3) is 0 Å². The molecule has 0 spiro atoms. The van der Waals surface area contributed by atoms with Gasteiger partial charge in [-0.05, 0) is 23.8 Å². The van der Waals surface area contributed by atoms with Crippen molar-refractivity contribution in [3.05, 3.63) is 58.6 Å². The minimum absolute atomic E-state index is 0.248. The molecule has 1 N–H and O–H groups in total. The van der Waals surface area contributed by atoms with E-state index in [-0.39, 0.29) is 5.75 Å². The second-order valence-electron chi connectivity index (χ2n) is 3.82. The predicted molar refractivity (Wildman–Crippen MR) is 76.5 cm³/mol. The molecule has 0 amide bonds. The molecule has 0 heterocycles. The Hall–Kier alpha value is -1.19. The summed E-state index contributed by atoms with van der Waals surface area (Å²) in [5.74, 6) is 0.946. The molecule has 2 rings (SSSR count). The normalized spacial score (nSPS) is 10.3. The Bertz CT molecular complexity index is 526. The Morgan fingerprint density at radius 3 is 2.50 bits per heavy atom. The molecule has 0 aliphatic carbocycles. The lowest BCUT2D eigenvalue weighted by Crippen LogP contribution is -1.98. The van der Waals surface area contributed by atoms with Crippen LogP contribution in [-0.4, -0.2) is 5.11 Å². The highest BCUT2D eigenvalue weighted by Gasteiger charge is 2.07. The first-order valence-corrected chi connectivity index (χ1v) is 6.94. The van der Waals surface area contributed by atoms with Gasteiger partial charge in [-0.15, -0.1) is 0 Å². The summed E-state index contributed by atoms with van der Waals surface area (Å²) in [7, 11) is 0. The Kier molecular flexibility index (Phi) is 4.50. The summed E-state index contributed by atoms with van der Waals surface area (Å²) in [4.78, 5) is 0. The highest BCUT2D eigenvalue weighted by molar-refractivity contribution is 9.08. The van der Waals surface area contributed by atoms with Crippen molar-refractivity contribution < 1.29 is 9.84 Å². The Morgan fingerprint density at radius 1 is 1.11 bits per heavy atom. The van der Waals surface area contributed by atoms with Crippen LogP contribution >= 0.6 is 27.5 Å². The van der Waals surface area contributed by atoms with Gasteiger partial charge in [-0.3, -0.25) is 0 Å². The van der Waals surface area contributed by atoms with E-state index < -0.39 is 0 Å². The fraction of sp³-hybridized carbons (Fsp3) is 0.143. The maximum absolute atomic E-state index is 9.20. The van der Waals surface area contributed by atoms with Gasteiger partial charge in [0.1, 0.15) is 18.1 Å². The maximum atomic E-state index is 9.20. The molecule has 2 nitrogen and oxygen atoms in total. The number of halogens is 2. The van der Waals surface area contributed by atoms with Gasteiger partial charge >= 0.3 is 0 Å². The lowest BCUT2D eigenvalue weighted by atomic mass is 10.2. The molecule has 0 atom stereocenters. The molecule has 94 valence electrons. The van der Waals surface area contributed by atoms with E-state index in [1.807, 2.05) is 24.3 Å². The number of ether oxygens (including phenoxy) is 1. The molecule has 0 radical (unpaired) electrons. The molecule has 18 heavy (non-hydrogen) atoms. The second-order valence-corrected chi connectivity index (χ2v) is 4.78. The fourth-order valence-electron chi connectivity index (χ4n) is 1.57. The summed E-state index contributed by atoms with van der Waals surface area (Å²) >= 11 is 9.52. The van der Waals surface area contributed by atoms with E-state index in [1.54, 1.807) is 18.2 Å². The van der Waals surface area contributed by atoms with Crippen LogP contribution in [0, 0.1) is 0 Å². The highest BCUT2D eigenvalue weighted by Crippen LogP contribution is 2.30. The van der Waals surface area contributed by atoms with Crippen molar-refractivity contribution in [3.63, 3.8) is 0 Å². The van der Waals surface area contributed by atoms with Crippen molar-refractivity contribution in [3.8, 4) is 11.5 Å². The third-order valence-corrected chi connectivity index (χ3v) is 3.41. The van der Waals surface area contributed by atoms with Gasteiger partial charge in [-0.25, -0.2) is 0 Å². The van der Waals surface area contributed by atoms with Crippen LogP contribution in [0.3, 0.4) is 0 Å². The SMILES string of the molecule is Oc1ccc(COc2c(Cl)cccc2CBr)cc1. The van der Waals surface area contributed by atoms with Crippen LogP contribution in [0.2, 0.25) is 5.02 Å². The lowest BCUT2D eigenvalue weighted by molar-refractivity contribution is 0.304. The van der Waals surface area contributed by atoms with Crippen LogP contribution < -0.4 is 4.74 Å². The second kappa shape index (κ2) is 6.12. The number of hydrogen-bond donors (Lipinski definition) is 1. The summed E-state index contributed by atoms with van der Waals surface area (Å²) in [6, 6.07) is 12.6. The monoisotopic (exact) mass is 326 g/mol. The van der Waals surface area contributed by atoms with E-state index in [2.05, 4.69) is 15.9 Å². The van der Waals surface area contributed by atoms with Crippen molar-refractivity contribution in [2.45, 2.75) is 11.9 Å². The van der Waals surface area contributed by atoms with Gasteiger partial charge in [0.2, 0.25) is 0 Å². The van der Waals surface area contributed by atoms with Crippen LogP contribution in [0.5, 0.6) is 11.5 Å². The minimum Gasteiger partial charge on any atom is -0.508 e. The molecule has 2 aromatic carbocycles. The summed E-state index contributed by atoms with van der Waals surface area (Å²) in [5.41, 5.74) is 1.99. The van der Waals surface area contributed by atoms with Crippen LogP contribution in [-0.2, 0) is 11.9 Å². The number of phenols is 1. The van der Waals surface area contributed by atoms with Crippen molar-refractivity contribution in [2.75, 3.05) is 0 Å². The van der Waals surface area contributed by atoms with Gasteiger partial charge in [0, 0.05) is 10.9 Å². The van der Waals surface area contributed by atoms with Gasteiger partial charge in [0.15, 0.2) is 0 Å². The van der Waals surface area contributed by atoms with E-state index in [4.69, 9.17) is 16.3 Å². The van der Waals surface area contributed by atoms with E-state index in [9.17, 15) is 5.11 Å². The Morgan fingerprint density at radius 2 is 1.83 bits per heavy atom. The summed E-state index contributed by atoms with van der Waals surface area (Å²) < 4.78 is 5.74. The van der Waals surface area contributed by atoms with Crippen LogP contribution in [0.1, 0.15) is 11.1 Å². The van der Waals surface area contributed by atoms with Crippen LogP contribution in [0.15, 0.2) is 42.5 Å². The average Bonchev–Trinajstić information content (AvgIpc) is 2.39. The van der Waals surface area contributed by atoms with Crippen molar-refractivity contribution in [1.29, 1.82) is 0 Å². The zero-order valence-electron chi connectivity index (χ0n) is 9.57. The minimum atomic E-state index is 0.248. The number of phenolic OH excluding ortho intramolecular Hbond substituents is 1. The van der Waals surface area contributed by atoms with Gasteiger partial charge < -0.3 is 9.84 Å². The molecule has 0 aliphatic rings. The first-order valence-electron chi connectivity index (χ1n) is 5.45. The molecular weight excluding hydrogens is 316 g/mol. The summed E-state index contributed by atoms with van der Waals surface area (Å²) in [6.07, 6.45) is 0. The van der Waals surface area contributed by atoms with Crippen molar-refractivity contribution in [2.24, 2.45) is 0 Å². The van der Waals surface area contributed by atoms with Crippen molar-refractivity contribution in [1.82, 2.24) is 0 Å². The highest BCUT2D eigenvalue weighted by atomic mass is 79.9. The Balaban J connectivity index is 2.12. The Labute approximate surface area is 119 Å². The topological polar surface area (TPSA) is 29.5 Å². The summed E-state index contributed by atoms with van der Waals surface area (Å²) in [6.45, 7) is 0.421. The number of para-hydroxylation sites is 1. The molecule has 0 aliphatic heterocycles. The van der Waals surface area contributed by atoms with Gasteiger partial charge in [-0.1, -0.05) is 51.8 Å². The van der Waals surface area contributed by atoms with E-state index in [0.29, 0.717) is 22.7 Å². The number of rotatable bonds is 4. The molecule has 0 saturated heterocycles. The molecule has 2 aromatic rings. The van der Waals surface area contributed by atoms with Gasteiger partial charge in [-0.2, -0.15) is 0 Å². The third-order valence-electron chi connectivity index (χ3n) is 2.51. The van der Waals surface area contributed by atoms with Crippen LogP contribution in [0.4, 0.5) is 0 Å². The zero-order valence-corrected chi connectivity index (χ0v) is 11.9. The standard InChI is InChI=1S/C14H12BrClO2/c15-8-11-2-1-3-13(16)14(11)18-9-10-4-6-12(17)7-5-10/h1-7,17H,8-9H2. The average molecular weight is 328 g/mol. The number of hydrogen-bond acceptors (Lipinski definition) is 2. The third kappa shape index (κ3) is 3.18. The molecule has 0 saturated carbocycles. The summed E-state index contributed by atoms with van der Waals surface area (Å²) in [5, 5.41) is 10.5. The lowest BCUT2D eigenvalue weighted by Gasteiger charge is -2.11. The molecule has 0 unspecified atom stereocenters. The number of benzene rings is 2. The molecule has 0 fully saturated rings. The molecular formula is C14H12BrClO2. The largest absolute Gasteiger partial charge is 0.508 e. The maximum Gasteiger partial charge on any atom is 0.142 e. The van der Waals surface area contributed by atoms with Crippen molar-refractivity contribution >= 4 is 27.5 Å². The van der Waals surface area contributed by atoms with Gasteiger partial charge in [0.05, 0.1) is 5.02 Å². The predicted octanol–water partition coefficient (Wildman–Crippen LogP) is 4.52. The zero-order chi connectivity index (χ0) is 13.0. The van der Waals surface area contributed by atoms with Crippen LogP contribution in [0.25, 0.3) is 0 Å². The fourth-order valence-corrected chi connectivity index (χ4v) is 2.26. The smallest absolute Gasteiger partial charge is 0.142 e. The first kappa shape index (κ1) is 13.2.